The van der Waals surface area contributed by atoms with Gasteiger partial charge in [0.1, 0.15) is 17.0 Å². The number of benzene rings is 2. The lowest BCUT2D eigenvalue weighted by Gasteiger charge is -2.05. The van der Waals surface area contributed by atoms with E-state index in [1.54, 1.807) is 6.92 Å². The van der Waals surface area contributed by atoms with E-state index in [0.29, 0.717) is 17.0 Å². The maximum absolute atomic E-state index is 12.7. The van der Waals surface area contributed by atoms with Gasteiger partial charge in [-0.05, 0) is 25.1 Å². The van der Waals surface area contributed by atoms with E-state index in [9.17, 15) is 18.0 Å². The van der Waals surface area contributed by atoms with Crippen molar-refractivity contribution >= 4 is 5.91 Å². The third-order valence-corrected chi connectivity index (χ3v) is 3.90. The Morgan fingerprint density at radius 1 is 1.14 bits per heavy atom. The van der Waals surface area contributed by atoms with Gasteiger partial charge in [0.05, 0.1) is 12.1 Å². The smallest absolute Gasteiger partial charge is 0.360 e. The molecule has 2 aromatic carbocycles. The van der Waals surface area contributed by atoms with Crippen molar-refractivity contribution in [2.45, 2.75) is 13.1 Å². The van der Waals surface area contributed by atoms with Crippen molar-refractivity contribution < 1.29 is 22.5 Å². The molecule has 1 amide bonds. The molecular weight excluding hydrogens is 369 g/mol. The lowest BCUT2D eigenvalue weighted by Crippen LogP contribution is -2.24. The summed E-state index contributed by atoms with van der Waals surface area (Å²) in [5.41, 5.74) is 0.902. The molecule has 0 radical (unpaired) electrons. The summed E-state index contributed by atoms with van der Waals surface area (Å²) in [5, 5.41) is 6.55. The van der Waals surface area contributed by atoms with Gasteiger partial charge in [0.25, 0.3) is 5.91 Å². The number of carbonyl (C=O) groups is 1. The Hall–Kier alpha value is -3.53. The molecule has 1 heterocycles. The van der Waals surface area contributed by atoms with Gasteiger partial charge in [-0.25, -0.2) is 0 Å². The first-order valence-electron chi connectivity index (χ1n) is 8.32. The summed E-state index contributed by atoms with van der Waals surface area (Å²) in [6, 6.07) is 13.8. The van der Waals surface area contributed by atoms with E-state index in [0.717, 1.165) is 17.7 Å². The Morgan fingerprint density at radius 3 is 2.61 bits per heavy atom. The van der Waals surface area contributed by atoms with Gasteiger partial charge in [-0.3, -0.25) is 4.79 Å². The molecule has 3 aromatic rings. The fourth-order valence-electron chi connectivity index (χ4n) is 2.57. The zero-order valence-corrected chi connectivity index (χ0v) is 14.8. The predicted octanol–water partition coefficient (Wildman–Crippen LogP) is 4.45. The zero-order valence-electron chi connectivity index (χ0n) is 14.8. The standard InChI is InChI=1S/C21H15F3N2O2/c1-14-18(19(26-28-14)16-9-3-2-4-10-16)20(27)25-12-6-8-15-7-5-11-17(13-15)21(22,23)24/h2-5,7,9-11,13H,12H2,1H3,(H,25,27). The topological polar surface area (TPSA) is 55.1 Å². The number of hydrogen-bond acceptors (Lipinski definition) is 3. The second-order valence-electron chi connectivity index (χ2n) is 5.89. The Labute approximate surface area is 159 Å². The lowest BCUT2D eigenvalue weighted by molar-refractivity contribution is -0.137. The van der Waals surface area contributed by atoms with Gasteiger partial charge in [0.2, 0.25) is 0 Å². The molecule has 0 fully saturated rings. The molecule has 0 bridgehead atoms. The van der Waals surface area contributed by atoms with Gasteiger partial charge in [0.15, 0.2) is 0 Å². The predicted molar refractivity (Wildman–Crippen MR) is 97.3 cm³/mol. The van der Waals surface area contributed by atoms with Crippen LogP contribution in [0.1, 0.15) is 27.2 Å². The normalized spacial score (nSPS) is 10.9. The van der Waals surface area contributed by atoms with Crippen molar-refractivity contribution in [2.24, 2.45) is 0 Å². The zero-order chi connectivity index (χ0) is 20.1. The number of aryl methyl sites for hydroxylation is 1. The number of amides is 1. The molecule has 1 aromatic heterocycles. The minimum Gasteiger partial charge on any atom is -0.360 e. The number of nitrogens with one attached hydrogen (secondary N) is 1. The Morgan fingerprint density at radius 2 is 1.89 bits per heavy atom. The molecule has 0 aliphatic heterocycles. The van der Waals surface area contributed by atoms with E-state index in [2.05, 4.69) is 22.3 Å². The van der Waals surface area contributed by atoms with Crippen LogP contribution in [0.15, 0.2) is 59.1 Å². The molecule has 0 saturated carbocycles. The van der Waals surface area contributed by atoms with Crippen molar-refractivity contribution in [1.82, 2.24) is 10.5 Å². The van der Waals surface area contributed by atoms with Crippen molar-refractivity contribution in [3.63, 3.8) is 0 Å². The van der Waals surface area contributed by atoms with Crippen LogP contribution in [0.5, 0.6) is 0 Å². The number of rotatable bonds is 3. The van der Waals surface area contributed by atoms with Crippen LogP contribution in [0.2, 0.25) is 0 Å². The van der Waals surface area contributed by atoms with Crippen molar-refractivity contribution in [1.29, 1.82) is 0 Å². The van der Waals surface area contributed by atoms with E-state index in [4.69, 9.17) is 4.52 Å². The second kappa shape index (κ2) is 8.01. The molecular formula is C21H15F3N2O2. The first kappa shape index (κ1) is 19.2. The van der Waals surface area contributed by atoms with Crippen molar-refractivity contribution in [3.05, 3.63) is 77.0 Å². The van der Waals surface area contributed by atoms with Gasteiger partial charge in [-0.1, -0.05) is 53.4 Å². The maximum Gasteiger partial charge on any atom is 0.416 e. The van der Waals surface area contributed by atoms with Crippen LogP contribution in [-0.2, 0) is 6.18 Å². The summed E-state index contributed by atoms with van der Waals surface area (Å²) in [6.45, 7) is 1.59. The molecule has 7 heteroatoms. The van der Waals surface area contributed by atoms with Crippen LogP contribution >= 0.6 is 0 Å². The molecule has 4 nitrogen and oxygen atoms in total. The molecule has 0 spiro atoms. The van der Waals surface area contributed by atoms with E-state index < -0.39 is 17.6 Å². The van der Waals surface area contributed by atoms with Gasteiger partial charge in [0, 0.05) is 11.1 Å². The number of halogens is 3. The molecule has 28 heavy (non-hydrogen) atoms. The van der Waals surface area contributed by atoms with Crippen molar-refractivity contribution in [2.75, 3.05) is 6.54 Å². The SMILES string of the molecule is Cc1onc(-c2ccccc2)c1C(=O)NCC#Cc1cccc(C(F)(F)F)c1. The molecule has 0 aliphatic rings. The summed E-state index contributed by atoms with van der Waals surface area (Å²) in [4.78, 5) is 12.5. The Bertz CT molecular complexity index is 1040. The van der Waals surface area contributed by atoms with E-state index in [-0.39, 0.29) is 12.1 Å². The van der Waals surface area contributed by atoms with Crippen LogP contribution in [0.3, 0.4) is 0 Å². The molecule has 0 atom stereocenters. The van der Waals surface area contributed by atoms with Crippen LogP contribution in [0.4, 0.5) is 13.2 Å². The third-order valence-electron chi connectivity index (χ3n) is 3.90. The minimum absolute atomic E-state index is 0.0338. The largest absolute Gasteiger partial charge is 0.416 e. The van der Waals surface area contributed by atoms with E-state index in [1.165, 1.54) is 12.1 Å². The van der Waals surface area contributed by atoms with E-state index >= 15 is 0 Å². The summed E-state index contributed by atoms with van der Waals surface area (Å²) >= 11 is 0. The second-order valence-corrected chi connectivity index (χ2v) is 5.89. The highest BCUT2D eigenvalue weighted by atomic mass is 19.4. The van der Waals surface area contributed by atoms with Crippen LogP contribution < -0.4 is 5.32 Å². The Kier molecular flexibility index (Phi) is 5.50. The van der Waals surface area contributed by atoms with Crippen LogP contribution in [0.25, 0.3) is 11.3 Å². The fourth-order valence-corrected chi connectivity index (χ4v) is 2.57. The minimum atomic E-state index is -4.43. The summed E-state index contributed by atoms with van der Waals surface area (Å²) in [5.74, 6) is 5.21. The molecule has 142 valence electrons. The molecule has 0 aliphatic carbocycles. The first-order chi connectivity index (χ1) is 13.4. The number of carbonyl (C=O) groups excluding carboxylic acids is 1. The number of aromatic nitrogens is 1. The van der Waals surface area contributed by atoms with Gasteiger partial charge >= 0.3 is 6.18 Å². The van der Waals surface area contributed by atoms with Crippen LogP contribution in [0, 0.1) is 18.8 Å². The summed E-state index contributed by atoms with van der Waals surface area (Å²) in [6.07, 6.45) is -4.43. The summed E-state index contributed by atoms with van der Waals surface area (Å²) < 4.78 is 43.3. The monoisotopic (exact) mass is 384 g/mol. The molecule has 0 saturated heterocycles. The average molecular weight is 384 g/mol. The first-order valence-corrected chi connectivity index (χ1v) is 8.32. The molecule has 1 N–H and O–H groups in total. The average Bonchev–Trinajstić information content (AvgIpc) is 3.07. The quantitative estimate of drug-likeness (QED) is 0.679. The number of alkyl halides is 3. The van der Waals surface area contributed by atoms with E-state index in [1.807, 2.05) is 30.3 Å². The highest BCUT2D eigenvalue weighted by Gasteiger charge is 2.30. The highest BCUT2D eigenvalue weighted by molar-refractivity contribution is 6.00. The number of nitrogens with zero attached hydrogens (tertiary/aromatic N) is 1. The van der Waals surface area contributed by atoms with Crippen molar-refractivity contribution in [3.8, 4) is 23.1 Å². The third kappa shape index (κ3) is 4.41. The highest BCUT2D eigenvalue weighted by Crippen LogP contribution is 2.29. The van der Waals surface area contributed by atoms with Gasteiger partial charge < -0.3 is 9.84 Å². The van der Waals surface area contributed by atoms with Gasteiger partial charge in [-0.2, -0.15) is 13.2 Å². The lowest BCUT2D eigenvalue weighted by atomic mass is 10.1. The fraction of sp³-hybridized carbons (Fsp3) is 0.143. The molecule has 0 unspecified atom stereocenters. The van der Waals surface area contributed by atoms with Crippen LogP contribution in [-0.4, -0.2) is 17.6 Å². The maximum atomic E-state index is 12.7. The molecule has 3 rings (SSSR count). The Balaban J connectivity index is 1.70. The van der Waals surface area contributed by atoms with Gasteiger partial charge in [-0.15, -0.1) is 0 Å². The number of hydrogen-bond donors (Lipinski definition) is 1. The summed E-state index contributed by atoms with van der Waals surface area (Å²) in [7, 11) is 0.